The Morgan fingerprint density at radius 1 is 1.31 bits per heavy atom. The number of hydrogen-bond acceptors (Lipinski definition) is 5. The standard InChI is InChI=1S/C23H33N3O3/c1-17(2)14-21(27)26(12-13-28-4)16-20-22(19-9-7-8-18(3)15-19)24-29-23(20)25-10-5-6-11-25/h7-9,15,17H,5-6,10-14,16H2,1-4H3. The van der Waals surface area contributed by atoms with Gasteiger partial charge in [0.05, 0.1) is 18.7 Å². The van der Waals surface area contributed by atoms with E-state index in [-0.39, 0.29) is 5.91 Å². The minimum Gasteiger partial charge on any atom is -0.383 e. The van der Waals surface area contributed by atoms with Gasteiger partial charge in [0.1, 0.15) is 5.69 Å². The van der Waals surface area contributed by atoms with Crippen molar-refractivity contribution in [1.29, 1.82) is 0 Å². The molecule has 1 aromatic heterocycles. The number of methoxy groups -OCH3 is 1. The van der Waals surface area contributed by atoms with Crippen molar-refractivity contribution in [2.24, 2.45) is 5.92 Å². The van der Waals surface area contributed by atoms with Crippen LogP contribution in [0.15, 0.2) is 28.8 Å². The van der Waals surface area contributed by atoms with Gasteiger partial charge >= 0.3 is 0 Å². The Kier molecular flexibility index (Phi) is 7.31. The molecule has 3 rings (SSSR count). The zero-order chi connectivity index (χ0) is 20.8. The number of carbonyl (C=O) groups is 1. The van der Waals surface area contributed by atoms with Crippen LogP contribution >= 0.6 is 0 Å². The summed E-state index contributed by atoms with van der Waals surface area (Å²) in [7, 11) is 1.67. The lowest BCUT2D eigenvalue weighted by molar-refractivity contribution is -0.133. The molecule has 1 fully saturated rings. The Labute approximate surface area is 173 Å². The molecule has 0 spiro atoms. The molecule has 2 aromatic rings. The van der Waals surface area contributed by atoms with Gasteiger partial charge in [0, 0.05) is 38.7 Å². The Morgan fingerprint density at radius 2 is 2.07 bits per heavy atom. The van der Waals surface area contributed by atoms with Crippen molar-refractivity contribution in [1.82, 2.24) is 10.1 Å². The Hall–Kier alpha value is -2.34. The van der Waals surface area contributed by atoms with E-state index in [9.17, 15) is 4.79 Å². The molecule has 0 atom stereocenters. The van der Waals surface area contributed by atoms with Gasteiger partial charge in [-0.15, -0.1) is 0 Å². The van der Waals surface area contributed by atoms with Gasteiger partial charge in [0.25, 0.3) is 0 Å². The van der Waals surface area contributed by atoms with Gasteiger partial charge in [-0.25, -0.2) is 0 Å². The second kappa shape index (κ2) is 9.92. The minimum absolute atomic E-state index is 0.140. The fourth-order valence-corrected chi connectivity index (χ4v) is 3.79. The monoisotopic (exact) mass is 399 g/mol. The topological polar surface area (TPSA) is 58.8 Å². The van der Waals surface area contributed by atoms with E-state index in [2.05, 4.69) is 49.0 Å². The quantitative estimate of drug-likeness (QED) is 0.630. The van der Waals surface area contributed by atoms with Gasteiger partial charge in [-0.1, -0.05) is 42.8 Å². The summed E-state index contributed by atoms with van der Waals surface area (Å²) in [6.07, 6.45) is 2.83. The zero-order valence-electron chi connectivity index (χ0n) is 18.1. The average molecular weight is 400 g/mol. The summed E-state index contributed by atoms with van der Waals surface area (Å²) in [5, 5.41) is 4.44. The normalized spacial score (nSPS) is 14.0. The number of anilines is 1. The van der Waals surface area contributed by atoms with E-state index in [0.717, 1.165) is 48.6 Å². The van der Waals surface area contributed by atoms with Crippen molar-refractivity contribution < 1.29 is 14.1 Å². The molecule has 1 aliphatic rings. The fourth-order valence-electron chi connectivity index (χ4n) is 3.79. The molecule has 0 saturated carbocycles. The van der Waals surface area contributed by atoms with E-state index in [1.54, 1.807) is 7.11 Å². The lowest BCUT2D eigenvalue weighted by atomic mass is 10.0. The second-order valence-electron chi connectivity index (χ2n) is 8.28. The van der Waals surface area contributed by atoms with Crippen molar-refractivity contribution in [2.45, 2.75) is 46.6 Å². The van der Waals surface area contributed by atoms with Gasteiger partial charge < -0.3 is 19.1 Å². The molecule has 6 heteroatoms. The molecule has 0 aliphatic carbocycles. The first-order chi connectivity index (χ1) is 14.0. The molecule has 0 bridgehead atoms. The van der Waals surface area contributed by atoms with E-state index in [0.29, 0.717) is 32.0 Å². The molecule has 0 radical (unpaired) electrons. The number of rotatable bonds is 9. The van der Waals surface area contributed by atoms with E-state index in [4.69, 9.17) is 9.26 Å². The lowest BCUT2D eigenvalue weighted by Crippen LogP contribution is -2.34. The van der Waals surface area contributed by atoms with Gasteiger partial charge in [0.2, 0.25) is 11.8 Å². The molecule has 1 aliphatic heterocycles. The molecule has 158 valence electrons. The third-order valence-electron chi connectivity index (χ3n) is 5.30. The molecule has 2 heterocycles. The van der Waals surface area contributed by atoms with Crippen molar-refractivity contribution in [3.63, 3.8) is 0 Å². The van der Waals surface area contributed by atoms with Crippen LogP contribution in [-0.2, 0) is 16.1 Å². The maximum atomic E-state index is 12.9. The number of aromatic nitrogens is 1. The van der Waals surface area contributed by atoms with Gasteiger partial charge in [-0.2, -0.15) is 0 Å². The molecular formula is C23H33N3O3. The molecule has 29 heavy (non-hydrogen) atoms. The van der Waals surface area contributed by atoms with E-state index in [1.165, 1.54) is 5.56 Å². The summed E-state index contributed by atoms with van der Waals surface area (Å²) in [4.78, 5) is 17.1. The van der Waals surface area contributed by atoms with E-state index < -0.39 is 0 Å². The number of amides is 1. The SMILES string of the molecule is COCCN(Cc1c(-c2cccc(C)c2)noc1N1CCCC1)C(=O)CC(C)C. The number of hydrogen-bond donors (Lipinski definition) is 0. The van der Waals surface area contributed by atoms with Crippen LogP contribution < -0.4 is 4.90 Å². The highest BCUT2D eigenvalue weighted by molar-refractivity contribution is 5.77. The highest BCUT2D eigenvalue weighted by Crippen LogP contribution is 2.34. The average Bonchev–Trinajstić information content (AvgIpc) is 3.34. The van der Waals surface area contributed by atoms with Crippen molar-refractivity contribution in [3.05, 3.63) is 35.4 Å². The van der Waals surface area contributed by atoms with Crippen LogP contribution in [0.3, 0.4) is 0 Å². The Bertz CT molecular complexity index is 809. The van der Waals surface area contributed by atoms with Crippen LogP contribution in [0.4, 0.5) is 5.88 Å². The number of nitrogens with zero attached hydrogens (tertiary/aromatic N) is 3. The van der Waals surface area contributed by atoms with Crippen LogP contribution in [0.2, 0.25) is 0 Å². The maximum Gasteiger partial charge on any atom is 0.232 e. The van der Waals surface area contributed by atoms with Crippen molar-refractivity contribution >= 4 is 11.8 Å². The van der Waals surface area contributed by atoms with E-state index in [1.807, 2.05) is 11.0 Å². The maximum absolute atomic E-state index is 12.9. The number of benzene rings is 1. The van der Waals surface area contributed by atoms with Crippen LogP contribution in [0.25, 0.3) is 11.3 Å². The molecule has 6 nitrogen and oxygen atoms in total. The highest BCUT2D eigenvalue weighted by Gasteiger charge is 2.27. The number of aryl methyl sites for hydroxylation is 1. The lowest BCUT2D eigenvalue weighted by Gasteiger charge is -2.25. The van der Waals surface area contributed by atoms with Crippen LogP contribution in [0.1, 0.15) is 44.2 Å². The largest absolute Gasteiger partial charge is 0.383 e. The molecule has 1 amide bonds. The fraction of sp³-hybridized carbons (Fsp3) is 0.565. The summed E-state index contributed by atoms with van der Waals surface area (Å²) < 4.78 is 11.1. The summed E-state index contributed by atoms with van der Waals surface area (Å²) in [6.45, 7) is 9.68. The van der Waals surface area contributed by atoms with Crippen LogP contribution in [0.5, 0.6) is 0 Å². The predicted molar refractivity (Wildman–Crippen MR) is 115 cm³/mol. The second-order valence-corrected chi connectivity index (χ2v) is 8.28. The first-order valence-corrected chi connectivity index (χ1v) is 10.6. The Balaban J connectivity index is 1.96. The van der Waals surface area contributed by atoms with Crippen molar-refractivity contribution in [2.75, 3.05) is 38.3 Å². The Morgan fingerprint density at radius 3 is 2.72 bits per heavy atom. The van der Waals surface area contributed by atoms with Crippen molar-refractivity contribution in [3.8, 4) is 11.3 Å². The molecule has 0 N–H and O–H groups in total. The third-order valence-corrected chi connectivity index (χ3v) is 5.30. The zero-order valence-corrected chi connectivity index (χ0v) is 18.1. The van der Waals surface area contributed by atoms with Gasteiger partial charge in [-0.05, 0) is 31.7 Å². The molecule has 1 aromatic carbocycles. The smallest absolute Gasteiger partial charge is 0.232 e. The molecule has 0 unspecified atom stereocenters. The van der Waals surface area contributed by atoms with Crippen LogP contribution in [0, 0.1) is 12.8 Å². The summed E-state index contributed by atoms with van der Waals surface area (Å²) in [6, 6.07) is 8.27. The van der Waals surface area contributed by atoms with Crippen LogP contribution in [-0.4, -0.2) is 49.3 Å². The molecule has 1 saturated heterocycles. The first-order valence-electron chi connectivity index (χ1n) is 10.6. The first kappa shape index (κ1) is 21.4. The minimum atomic E-state index is 0.140. The molecular weight excluding hydrogens is 366 g/mol. The predicted octanol–water partition coefficient (Wildman–Crippen LogP) is 4.27. The summed E-state index contributed by atoms with van der Waals surface area (Å²) in [5.74, 6) is 1.25. The third kappa shape index (κ3) is 5.38. The number of ether oxygens (including phenoxy) is 1. The summed E-state index contributed by atoms with van der Waals surface area (Å²) in [5.41, 5.74) is 4.02. The number of carbonyl (C=O) groups excluding carboxylic acids is 1. The highest BCUT2D eigenvalue weighted by atomic mass is 16.5. The van der Waals surface area contributed by atoms with E-state index >= 15 is 0 Å². The van der Waals surface area contributed by atoms with Gasteiger partial charge in [-0.3, -0.25) is 4.79 Å². The van der Waals surface area contributed by atoms with Gasteiger partial charge in [0.15, 0.2) is 0 Å². The summed E-state index contributed by atoms with van der Waals surface area (Å²) >= 11 is 0.